The highest BCUT2D eigenvalue weighted by atomic mass is 32.2. The number of nitrogens with zero attached hydrogens (tertiary/aromatic N) is 2. The molecular formula is C29H33FN4O4S2. The third-order valence-electron chi connectivity index (χ3n) is 6.77. The van der Waals surface area contributed by atoms with Gasteiger partial charge in [0.05, 0.1) is 53.2 Å². The molecule has 212 valence electrons. The Kier molecular flexibility index (Phi) is 9.54. The fraction of sp³-hybridized carbons (Fsp3) is 0.414. The molecule has 40 heavy (non-hydrogen) atoms. The number of β-amino-alcohol motifs (C(OH)–C–C–N with tert-alkyl or cyclic N) is 1. The molecule has 0 bridgehead atoms. The molecule has 3 N–H and O–H groups in total. The average molecular weight is 585 g/mol. The number of sulfone groups is 1. The number of rotatable bonds is 9. The van der Waals surface area contributed by atoms with Crippen LogP contribution in [0.5, 0.6) is 5.75 Å². The molecule has 1 unspecified atom stereocenters. The SMILES string of the molecule is COc1cc(S(C)(=O)=O)c(F)cc1NCC#Cc1sc2c(NC3CCN(CC(C)O)CC3)cccc2c1CC#N. The standard InChI is InChI=1S/C29H33FN4O4S2/c1-19(35)18-34-14-10-20(11-15-34)33-24-7-4-6-22-21(9-12-31)27(39-29(22)24)8-5-13-32-25-16-23(30)28(40(3,36)37)17-26(25)38-2/h4,6-7,16-17,19-20,32-33,35H,9-11,13-15,18H2,1-3H3. The maximum absolute atomic E-state index is 14.4. The summed E-state index contributed by atoms with van der Waals surface area (Å²) in [6.45, 7) is 4.52. The summed E-state index contributed by atoms with van der Waals surface area (Å²) in [5.41, 5.74) is 2.20. The Labute approximate surface area is 238 Å². The third kappa shape index (κ3) is 7.04. The number of methoxy groups -OCH3 is 1. The van der Waals surface area contributed by atoms with E-state index in [-0.39, 0.29) is 24.8 Å². The molecule has 2 aromatic carbocycles. The molecule has 4 rings (SSSR count). The van der Waals surface area contributed by atoms with Crippen LogP contribution >= 0.6 is 11.3 Å². The maximum atomic E-state index is 14.4. The number of benzene rings is 2. The van der Waals surface area contributed by atoms with E-state index in [0.29, 0.717) is 18.3 Å². The van der Waals surface area contributed by atoms with Crippen LogP contribution in [0, 0.1) is 29.0 Å². The largest absolute Gasteiger partial charge is 0.495 e. The highest BCUT2D eigenvalue weighted by Crippen LogP contribution is 2.37. The molecule has 0 saturated carbocycles. The van der Waals surface area contributed by atoms with Crippen molar-refractivity contribution in [2.75, 3.05) is 50.2 Å². The van der Waals surface area contributed by atoms with Gasteiger partial charge in [-0.2, -0.15) is 5.26 Å². The number of halogens is 1. The van der Waals surface area contributed by atoms with Crippen molar-refractivity contribution >= 4 is 42.6 Å². The number of piperidine rings is 1. The number of thiophene rings is 1. The molecule has 1 aliphatic heterocycles. The normalized spacial score (nSPS) is 15.2. The lowest BCUT2D eigenvalue weighted by Gasteiger charge is -2.33. The van der Waals surface area contributed by atoms with Gasteiger partial charge in [0, 0.05) is 55.0 Å². The number of aliphatic hydroxyl groups is 1. The molecule has 1 saturated heterocycles. The van der Waals surface area contributed by atoms with Crippen molar-refractivity contribution in [2.45, 2.75) is 43.2 Å². The van der Waals surface area contributed by atoms with Gasteiger partial charge in [-0.1, -0.05) is 24.0 Å². The van der Waals surface area contributed by atoms with Crippen molar-refractivity contribution in [2.24, 2.45) is 0 Å². The van der Waals surface area contributed by atoms with Gasteiger partial charge >= 0.3 is 0 Å². The minimum atomic E-state index is -3.74. The molecule has 2 heterocycles. The van der Waals surface area contributed by atoms with E-state index in [1.54, 1.807) is 0 Å². The van der Waals surface area contributed by atoms with E-state index in [2.05, 4.69) is 39.5 Å². The Morgan fingerprint density at radius 3 is 2.67 bits per heavy atom. The van der Waals surface area contributed by atoms with Crippen LogP contribution in [-0.2, 0) is 16.3 Å². The van der Waals surface area contributed by atoms with Gasteiger partial charge in [0.15, 0.2) is 9.84 Å². The van der Waals surface area contributed by atoms with Crippen molar-refractivity contribution in [3.63, 3.8) is 0 Å². The van der Waals surface area contributed by atoms with Crippen molar-refractivity contribution < 1.29 is 22.7 Å². The minimum absolute atomic E-state index is 0.157. The van der Waals surface area contributed by atoms with E-state index >= 15 is 0 Å². The summed E-state index contributed by atoms with van der Waals surface area (Å²) in [6.07, 6.45) is 2.79. The number of likely N-dealkylation sites (tertiary alicyclic amines) is 1. The predicted molar refractivity (Wildman–Crippen MR) is 157 cm³/mol. The summed E-state index contributed by atoms with van der Waals surface area (Å²) in [7, 11) is -2.36. The molecule has 8 nitrogen and oxygen atoms in total. The number of ether oxygens (including phenoxy) is 1. The van der Waals surface area contributed by atoms with Gasteiger partial charge in [-0.05, 0) is 25.8 Å². The van der Waals surface area contributed by atoms with Crippen LogP contribution in [-0.4, -0.2) is 70.1 Å². The second kappa shape index (κ2) is 12.9. The molecule has 11 heteroatoms. The Bertz CT molecular complexity index is 1580. The average Bonchev–Trinajstić information content (AvgIpc) is 3.25. The summed E-state index contributed by atoms with van der Waals surface area (Å²) < 4.78 is 44.3. The number of aliphatic hydroxyl groups excluding tert-OH is 1. The molecule has 1 aromatic heterocycles. The van der Waals surface area contributed by atoms with E-state index in [9.17, 15) is 23.2 Å². The highest BCUT2D eigenvalue weighted by molar-refractivity contribution is 7.90. The van der Waals surface area contributed by atoms with Gasteiger partial charge in [0.1, 0.15) is 16.5 Å². The van der Waals surface area contributed by atoms with Gasteiger partial charge in [-0.25, -0.2) is 12.8 Å². The molecular weight excluding hydrogens is 551 g/mol. The molecule has 0 amide bonds. The number of nitrogens with one attached hydrogen (secondary N) is 2. The summed E-state index contributed by atoms with van der Waals surface area (Å²) in [5, 5.41) is 26.8. The van der Waals surface area contributed by atoms with Gasteiger partial charge in [-0.3, -0.25) is 0 Å². The number of anilines is 2. The van der Waals surface area contributed by atoms with Crippen LogP contribution in [0.25, 0.3) is 10.1 Å². The molecule has 0 spiro atoms. The van der Waals surface area contributed by atoms with Gasteiger partial charge < -0.3 is 25.4 Å². The van der Waals surface area contributed by atoms with E-state index in [1.807, 2.05) is 19.1 Å². The lowest BCUT2D eigenvalue weighted by atomic mass is 10.0. The van der Waals surface area contributed by atoms with Crippen LogP contribution in [0.15, 0.2) is 35.2 Å². The predicted octanol–water partition coefficient (Wildman–Crippen LogP) is 4.24. The van der Waals surface area contributed by atoms with Crippen LogP contribution in [0.4, 0.5) is 15.8 Å². The smallest absolute Gasteiger partial charge is 0.178 e. The second-order valence-electron chi connectivity index (χ2n) is 9.91. The molecule has 1 fully saturated rings. The summed E-state index contributed by atoms with van der Waals surface area (Å²) >= 11 is 1.54. The van der Waals surface area contributed by atoms with Gasteiger partial charge in [0.25, 0.3) is 0 Å². The zero-order chi connectivity index (χ0) is 28.9. The Morgan fingerprint density at radius 2 is 2.02 bits per heavy atom. The zero-order valence-electron chi connectivity index (χ0n) is 22.8. The molecule has 0 aliphatic carbocycles. The monoisotopic (exact) mass is 584 g/mol. The van der Waals surface area contributed by atoms with Crippen LogP contribution < -0.4 is 15.4 Å². The first-order chi connectivity index (χ1) is 19.1. The zero-order valence-corrected chi connectivity index (χ0v) is 24.4. The lowest BCUT2D eigenvalue weighted by molar-refractivity contribution is 0.111. The van der Waals surface area contributed by atoms with Crippen LogP contribution in [0.2, 0.25) is 0 Å². The molecule has 1 atom stereocenters. The first-order valence-electron chi connectivity index (χ1n) is 13.0. The maximum Gasteiger partial charge on any atom is 0.178 e. The Balaban J connectivity index is 1.52. The van der Waals surface area contributed by atoms with E-state index in [1.165, 1.54) is 18.4 Å². The number of hydrogen-bond donors (Lipinski definition) is 3. The number of hydrogen-bond acceptors (Lipinski definition) is 9. The van der Waals surface area contributed by atoms with Gasteiger partial charge in [-0.15, -0.1) is 11.3 Å². The van der Waals surface area contributed by atoms with Crippen molar-refractivity contribution in [1.82, 2.24) is 4.90 Å². The second-order valence-corrected chi connectivity index (χ2v) is 12.9. The Hall–Kier alpha value is -3.35. The summed E-state index contributed by atoms with van der Waals surface area (Å²) in [4.78, 5) is 2.65. The fourth-order valence-electron chi connectivity index (χ4n) is 4.88. The van der Waals surface area contributed by atoms with Crippen molar-refractivity contribution in [3.05, 3.63) is 46.6 Å². The summed E-state index contributed by atoms with van der Waals surface area (Å²) in [6, 6.07) is 10.9. The first kappa shape index (κ1) is 29.6. The van der Waals surface area contributed by atoms with Crippen molar-refractivity contribution in [3.8, 4) is 23.7 Å². The fourth-order valence-corrected chi connectivity index (χ4v) is 6.79. The highest BCUT2D eigenvalue weighted by Gasteiger charge is 2.22. The Morgan fingerprint density at radius 1 is 1.27 bits per heavy atom. The molecule has 0 radical (unpaired) electrons. The topological polar surface area (TPSA) is 115 Å². The van der Waals surface area contributed by atoms with Crippen LogP contribution in [0.1, 0.15) is 30.2 Å². The number of fused-ring (bicyclic) bond motifs is 1. The van der Waals surface area contributed by atoms with Gasteiger partial charge in [0.2, 0.25) is 0 Å². The summed E-state index contributed by atoms with van der Waals surface area (Å²) in [5.74, 6) is 5.54. The lowest BCUT2D eigenvalue weighted by Crippen LogP contribution is -2.41. The minimum Gasteiger partial charge on any atom is -0.495 e. The third-order valence-corrected chi connectivity index (χ3v) is 9.07. The van der Waals surface area contributed by atoms with E-state index in [4.69, 9.17) is 4.74 Å². The quantitative estimate of drug-likeness (QED) is 0.320. The molecule has 1 aliphatic rings. The van der Waals surface area contributed by atoms with E-state index < -0.39 is 20.5 Å². The van der Waals surface area contributed by atoms with Crippen LogP contribution in [0.3, 0.4) is 0 Å². The molecule has 3 aromatic rings. The first-order valence-corrected chi connectivity index (χ1v) is 15.7. The van der Waals surface area contributed by atoms with E-state index in [0.717, 1.165) is 70.5 Å². The number of nitriles is 1. The van der Waals surface area contributed by atoms with Crippen molar-refractivity contribution in [1.29, 1.82) is 5.26 Å².